The minimum absolute atomic E-state index is 0.0658. The van der Waals surface area contributed by atoms with Crippen molar-refractivity contribution in [2.75, 3.05) is 0 Å². The Morgan fingerprint density at radius 1 is 0.919 bits per heavy atom. The smallest absolute Gasteiger partial charge is 0.375 e. The molecule has 2 aromatic carbocycles. The second-order valence-corrected chi connectivity index (χ2v) is 11.9. The second kappa shape index (κ2) is 10.5. The lowest BCUT2D eigenvalue weighted by Crippen LogP contribution is -2.47. The van der Waals surface area contributed by atoms with Gasteiger partial charge in [0.05, 0.1) is 4.90 Å². The minimum Gasteiger partial charge on any atom is -0.448 e. The Morgan fingerprint density at radius 2 is 1.46 bits per heavy atom. The van der Waals surface area contributed by atoms with Crippen LogP contribution in [0.1, 0.15) is 31.9 Å². The molecule has 2 atom stereocenters. The van der Waals surface area contributed by atoms with E-state index in [1.165, 1.54) is 49.4 Å². The van der Waals surface area contributed by atoms with Crippen LogP contribution in [-0.4, -0.2) is 34.5 Å². The summed E-state index contributed by atoms with van der Waals surface area (Å²) in [6.45, 7) is 13.7. The third-order valence-electron chi connectivity index (χ3n) is 5.57. The number of ether oxygens (including phenoxy) is 1. The molecule has 10 heteroatoms. The van der Waals surface area contributed by atoms with E-state index in [4.69, 9.17) is 13.1 Å². The zero-order chi connectivity index (χ0) is 27.6. The Kier molecular flexibility index (Phi) is 7.97. The predicted octanol–water partition coefficient (Wildman–Crippen LogP) is 4.84. The van der Waals surface area contributed by atoms with Crippen molar-refractivity contribution in [3.63, 3.8) is 0 Å². The third-order valence-corrected chi connectivity index (χ3v) is 8.27. The van der Waals surface area contributed by atoms with E-state index in [0.29, 0.717) is 16.7 Å². The van der Waals surface area contributed by atoms with Gasteiger partial charge in [-0.15, -0.1) is 0 Å². The van der Waals surface area contributed by atoms with Crippen molar-refractivity contribution in [2.45, 2.75) is 49.2 Å². The SMILES string of the molecule is C=Cc1ccc(S(=O)(=O)OC(=C)C(=O)OC2C(C)=CC(C)=CC2(C)OS(=O)(=O)c2ccc(C)cc2)cc1. The van der Waals surface area contributed by atoms with Gasteiger partial charge in [-0.1, -0.05) is 54.1 Å². The number of hydrogen-bond donors (Lipinski definition) is 0. The van der Waals surface area contributed by atoms with Crippen molar-refractivity contribution < 1.29 is 34.7 Å². The van der Waals surface area contributed by atoms with Crippen LogP contribution < -0.4 is 0 Å². The van der Waals surface area contributed by atoms with E-state index >= 15 is 0 Å². The van der Waals surface area contributed by atoms with Gasteiger partial charge in [-0.2, -0.15) is 16.8 Å². The molecule has 0 N–H and O–H groups in total. The summed E-state index contributed by atoms with van der Waals surface area (Å²) < 4.78 is 67.3. The average molecular weight is 545 g/mol. The molecule has 0 aliphatic heterocycles. The molecular formula is C27H28O8S2. The third kappa shape index (κ3) is 6.46. The number of esters is 1. The quantitative estimate of drug-likeness (QED) is 0.191. The maximum Gasteiger partial charge on any atom is 0.375 e. The molecule has 1 aliphatic carbocycles. The number of allylic oxidation sites excluding steroid dienone is 2. The van der Waals surface area contributed by atoms with Crippen molar-refractivity contribution in [1.82, 2.24) is 0 Å². The molecule has 0 aromatic heterocycles. The van der Waals surface area contributed by atoms with Crippen molar-refractivity contribution in [3.05, 3.63) is 102 Å². The van der Waals surface area contributed by atoms with Crippen molar-refractivity contribution in [1.29, 1.82) is 0 Å². The van der Waals surface area contributed by atoms with Crippen LogP contribution in [0.3, 0.4) is 0 Å². The minimum atomic E-state index is -4.38. The van der Waals surface area contributed by atoms with Crippen LogP contribution in [0.2, 0.25) is 0 Å². The summed E-state index contributed by atoms with van der Waals surface area (Å²) in [7, 11) is -8.64. The molecule has 2 unspecified atom stereocenters. The summed E-state index contributed by atoms with van der Waals surface area (Å²) in [6, 6.07) is 11.7. The number of hydrogen-bond acceptors (Lipinski definition) is 8. The summed E-state index contributed by atoms with van der Waals surface area (Å²) in [5.74, 6) is -1.99. The molecule has 0 fully saturated rings. The van der Waals surface area contributed by atoms with Gasteiger partial charge in [-0.25, -0.2) is 4.79 Å². The zero-order valence-corrected chi connectivity index (χ0v) is 22.6. The summed E-state index contributed by atoms with van der Waals surface area (Å²) >= 11 is 0. The van der Waals surface area contributed by atoms with Crippen molar-refractivity contribution in [3.8, 4) is 0 Å². The van der Waals surface area contributed by atoms with Gasteiger partial charge in [0.15, 0.2) is 6.10 Å². The highest BCUT2D eigenvalue weighted by Gasteiger charge is 2.44. The first-order chi connectivity index (χ1) is 17.2. The maximum absolute atomic E-state index is 13.0. The van der Waals surface area contributed by atoms with Crippen LogP contribution in [-0.2, 0) is 38.1 Å². The molecule has 0 amide bonds. The van der Waals surface area contributed by atoms with Crippen LogP contribution >= 0.6 is 0 Å². The summed E-state index contributed by atoms with van der Waals surface area (Å²) in [4.78, 5) is 12.6. The molecular weight excluding hydrogens is 516 g/mol. The van der Waals surface area contributed by atoms with Gasteiger partial charge < -0.3 is 8.92 Å². The topological polar surface area (TPSA) is 113 Å². The van der Waals surface area contributed by atoms with Gasteiger partial charge in [0, 0.05) is 0 Å². The Labute approximate surface area is 217 Å². The monoisotopic (exact) mass is 544 g/mol. The Bertz CT molecular complexity index is 1500. The van der Waals surface area contributed by atoms with Gasteiger partial charge in [0.1, 0.15) is 10.5 Å². The number of carbonyl (C=O) groups excluding carboxylic acids is 1. The fourth-order valence-corrected chi connectivity index (χ4v) is 5.95. The summed E-state index contributed by atoms with van der Waals surface area (Å²) in [5, 5.41) is 0. The number of rotatable bonds is 9. The second-order valence-electron chi connectivity index (χ2n) is 8.83. The highest BCUT2D eigenvalue weighted by molar-refractivity contribution is 7.87. The molecule has 3 rings (SSSR count). The molecule has 2 aromatic rings. The van der Waals surface area contributed by atoms with Gasteiger partial charge in [-0.05, 0) is 75.8 Å². The Morgan fingerprint density at radius 3 is 2.03 bits per heavy atom. The first-order valence-electron chi connectivity index (χ1n) is 11.1. The highest BCUT2D eigenvalue weighted by atomic mass is 32.2. The molecule has 0 radical (unpaired) electrons. The Balaban J connectivity index is 1.83. The van der Waals surface area contributed by atoms with Crippen LogP contribution in [0.15, 0.2) is 101 Å². The Hall–Kier alpha value is -3.47. The molecule has 0 saturated carbocycles. The van der Waals surface area contributed by atoms with E-state index in [9.17, 15) is 21.6 Å². The summed E-state index contributed by atoms with van der Waals surface area (Å²) in [6.07, 6.45) is 3.54. The van der Waals surface area contributed by atoms with E-state index in [-0.39, 0.29) is 9.79 Å². The lowest BCUT2D eigenvalue weighted by molar-refractivity contribution is -0.152. The van der Waals surface area contributed by atoms with E-state index in [1.807, 2.05) is 6.92 Å². The van der Waals surface area contributed by atoms with E-state index in [0.717, 1.165) is 5.56 Å². The molecule has 0 saturated heterocycles. The lowest BCUT2D eigenvalue weighted by atomic mass is 9.86. The van der Waals surface area contributed by atoms with Crippen molar-refractivity contribution >= 4 is 32.3 Å². The van der Waals surface area contributed by atoms with Crippen LogP contribution in [0.5, 0.6) is 0 Å². The van der Waals surface area contributed by atoms with Crippen LogP contribution in [0.4, 0.5) is 0 Å². The molecule has 37 heavy (non-hydrogen) atoms. The zero-order valence-electron chi connectivity index (χ0n) is 20.9. The van der Waals surface area contributed by atoms with Gasteiger partial charge >= 0.3 is 16.1 Å². The number of carbonyl (C=O) groups is 1. The molecule has 8 nitrogen and oxygen atoms in total. The van der Waals surface area contributed by atoms with Crippen molar-refractivity contribution in [2.24, 2.45) is 0 Å². The number of aryl methyl sites for hydroxylation is 1. The van der Waals surface area contributed by atoms with Gasteiger partial charge in [-0.3, -0.25) is 4.18 Å². The molecule has 1 aliphatic rings. The highest BCUT2D eigenvalue weighted by Crippen LogP contribution is 2.36. The number of benzene rings is 2. The van der Waals surface area contributed by atoms with Crippen LogP contribution in [0.25, 0.3) is 6.08 Å². The van der Waals surface area contributed by atoms with Gasteiger partial charge in [0.2, 0.25) is 5.76 Å². The van der Waals surface area contributed by atoms with Crippen LogP contribution in [0, 0.1) is 6.92 Å². The predicted molar refractivity (Wildman–Crippen MR) is 139 cm³/mol. The normalized spacial score (nSPS) is 19.8. The maximum atomic E-state index is 13.0. The lowest BCUT2D eigenvalue weighted by Gasteiger charge is -2.37. The fraction of sp³-hybridized carbons (Fsp3) is 0.222. The standard InChI is InChI=1S/C27H28O8S2/c1-7-22-10-14-23(15-11-22)36(29,30)34-21(5)26(28)33-25-20(4)16-19(3)17-27(25,6)35-37(31,32)24-12-8-18(2)9-13-24/h7-17,25H,1,5H2,2-4,6H3. The first-order valence-corrected chi connectivity index (χ1v) is 14.0. The van der Waals surface area contributed by atoms with Gasteiger partial charge in [0.25, 0.3) is 10.1 Å². The molecule has 0 heterocycles. The molecule has 0 spiro atoms. The fourth-order valence-electron chi connectivity index (χ4n) is 3.88. The molecule has 0 bridgehead atoms. The van der Waals surface area contributed by atoms with E-state index in [1.54, 1.807) is 38.1 Å². The van der Waals surface area contributed by atoms with E-state index in [2.05, 4.69) is 13.2 Å². The average Bonchev–Trinajstić information content (AvgIpc) is 2.80. The largest absolute Gasteiger partial charge is 0.448 e. The summed E-state index contributed by atoms with van der Waals surface area (Å²) in [5.41, 5.74) is 1.09. The first kappa shape index (κ1) is 28.1. The molecule has 196 valence electrons. The van der Waals surface area contributed by atoms with E-state index < -0.39 is 43.7 Å².